The van der Waals surface area contributed by atoms with Gasteiger partial charge in [0, 0.05) is 5.56 Å². The first-order chi connectivity index (χ1) is 9.11. The van der Waals surface area contributed by atoms with Crippen LogP contribution in [0.1, 0.15) is 29.8 Å². The monoisotopic (exact) mass is 422 g/mol. The second kappa shape index (κ2) is 7.11. The van der Waals surface area contributed by atoms with E-state index in [1.165, 1.54) is 0 Å². The van der Waals surface area contributed by atoms with Crippen LogP contribution in [0.5, 0.6) is 5.75 Å². The molecule has 0 bridgehead atoms. The van der Waals surface area contributed by atoms with Gasteiger partial charge < -0.3 is 4.74 Å². The van der Waals surface area contributed by atoms with Crippen molar-refractivity contribution in [3.8, 4) is 5.75 Å². The van der Waals surface area contributed by atoms with Crippen LogP contribution in [0.4, 0.5) is 0 Å². The predicted molar refractivity (Wildman–Crippen MR) is 89.6 cm³/mol. The predicted octanol–water partition coefficient (Wildman–Crippen LogP) is 6.39. The molecule has 2 aromatic rings. The van der Waals surface area contributed by atoms with Crippen molar-refractivity contribution >= 4 is 54.8 Å². The number of hydrogen-bond acceptors (Lipinski definition) is 2. The molecule has 0 N–H and O–H groups in total. The van der Waals surface area contributed by atoms with Crippen LogP contribution in [0, 0.1) is 0 Å². The normalized spacial score (nSPS) is 12.4. The minimum atomic E-state index is -0.179. The molecule has 1 atom stereocenters. The average Bonchev–Trinajstić information content (AvgIpc) is 2.75. The van der Waals surface area contributed by atoms with Gasteiger partial charge in [-0.2, -0.15) is 0 Å². The third kappa shape index (κ3) is 3.97. The molecular formula is C14H13Br2ClOS. The van der Waals surface area contributed by atoms with E-state index in [0.717, 1.165) is 37.5 Å². The molecule has 0 saturated carbocycles. The molecule has 2 rings (SSSR count). The number of ether oxygens (including phenoxy) is 1. The first-order valence-corrected chi connectivity index (χ1v) is 8.77. The maximum Gasteiger partial charge on any atom is 0.119 e. The fourth-order valence-electron chi connectivity index (χ4n) is 1.69. The zero-order chi connectivity index (χ0) is 13.8. The van der Waals surface area contributed by atoms with Crippen LogP contribution in [0.15, 0.2) is 37.9 Å². The van der Waals surface area contributed by atoms with Crippen molar-refractivity contribution in [1.82, 2.24) is 0 Å². The Morgan fingerprint density at radius 1 is 1.32 bits per heavy atom. The molecule has 0 amide bonds. The molecule has 19 heavy (non-hydrogen) atoms. The van der Waals surface area contributed by atoms with Gasteiger partial charge >= 0.3 is 0 Å². The molecule has 0 fully saturated rings. The van der Waals surface area contributed by atoms with Crippen molar-refractivity contribution in [2.45, 2.75) is 18.7 Å². The van der Waals surface area contributed by atoms with E-state index in [-0.39, 0.29) is 5.38 Å². The maximum atomic E-state index is 6.56. The molecule has 1 aromatic heterocycles. The molecule has 0 aliphatic carbocycles. The fourth-order valence-corrected chi connectivity index (χ4v) is 5.09. The van der Waals surface area contributed by atoms with Gasteiger partial charge in [-0.05, 0) is 62.0 Å². The summed E-state index contributed by atoms with van der Waals surface area (Å²) in [6.45, 7) is 2.82. The number of halogens is 3. The van der Waals surface area contributed by atoms with Crippen LogP contribution in [0.3, 0.4) is 0 Å². The summed E-state index contributed by atoms with van der Waals surface area (Å²) in [5.74, 6) is 0.871. The van der Waals surface area contributed by atoms with Gasteiger partial charge in [-0.25, -0.2) is 0 Å². The molecule has 1 nitrogen and oxygen atoms in total. The van der Waals surface area contributed by atoms with Crippen molar-refractivity contribution in [3.05, 3.63) is 49.0 Å². The molecule has 0 radical (unpaired) electrons. The third-order valence-corrected chi connectivity index (χ3v) is 5.45. The van der Waals surface area contributed by atoms with Crippen LogP contribution in [0.2, 0.25) is 0 Å². The number of rotatable bonds is 5. The Kier molecular flexibility index (Phi) is 5.75. The lowest BCUT2D eigenvalue weighted by Gasteiger charge is -2.11. The van der Waals surface area contributed by atoms with Crippen molar-refractivity contribution in [3.63, 3.8) is 0 Å². The summed E-state index contributed by atoms with van der Waals surface area (Å²) in [5.41, 5.74) is 2.12. The van der Waals surface area contributed by atoms with Gasteiger partial charge in [0.1, 0.15) is 5.75 Å². The maximum absolute atomic E-state index is 6.56. The van der Waals surface area contributed by atoms with Crippen LogP contribution < -0.4 is 4.74 Å². The summed E-state index contributed by atoms with van der Waals surface area (Å²) in [6.07, 6.45) is 0.998. The van der Waals surface area contributed by atoms with E-state index < -0.39 is 0 Å². The number of alkyl halides is 1. The molecule has 5 heteroatoms. The third-order valence-electron chi connectivity index (χ3n) is 2.58. The van der Waals surface area contributed by atoms with Crippen LogP contribution in [-0.2, 0) is 0 Å². The van der Waals surface area contributed by atoms with E-state index >= 15 is 0 Å². The number of benzene rings is 1. The highest BCUT2D eigenvalue weighted by molar-refractivity contribution is 9.12. The lowest BCUT2D eigenvalue weighted by molar-refractivity contribution is 0.317. The Morgan fingerprint density at radius 2 is 2.11 bits per heavy atom. The van der Waals surface area contributed by atoms with Gasteiger partial charge in [0.25, 0.3) is 0 Å². The lowest BCUT2D eigenvalue weighted by Crippen LogP contribution is -1.97. The largest absolute Gasteiger partial charge is 0.494 e. The summed E-state index contributed by atoms with van der Waals surface area (Å²) in [4.78, 5) is 0. The summed E-state index contributed by atoms with van der Waals surface area (Å²) in [7, 11) is 0. The Morgan fingerprint density at radius 3 is 2.74 bits per heavy atom. The second-order valence-corrected chi connectivity index (χ2v) is 8.25. The molecule has 0 saturated heterocycles. The zero-order valence-corrected chi connectivity index (χ0v) is 15.1. The smallest absolute Gasteiger partial charge is 0.119 e. The Bertz CT molecular complexity index is 556. The summed E-state index contributed by atoms with van der Waals surface area (Å²) in [6, 6.07) is 10.0. The molecule has 102 valence electrons. The minimum absolute atomic E-state index is 0.179. The quantitative estimate of drug-likeness (QED) is 0.505. The van der Waals surface area contributed by atoms with E-state index in [9.17, 15) is 0 Å². The fraction of sp³-hybridized carbons (Fsp3) is 0.286. The van der Waals surface area contributed by atoms with Gasteiger partial charge in [-0.3, -0.25) is 0 Å². The van der Waals surface area contributed by atoms with Gasteiger partial charge in [0.2, 0.25) is 0 Å². The van der Waals surface area contributed by atoms with E-state index in [4.69, 9.17) is 16.3 Å². The average molecular weight is 425 g/mol. The molecule has 1 heterocycles. The molecular weight excluding hydrogens is 411 g/mol. The minimum Gasteiger partial charge on any atom is -0.494 e. The topological polar surface area (TPSA) is 9.23 Å². The lowest BCUT2D eigenvalue weighted by atomic mass is 10.1. The van der Waals surface area contributed by atoms with Gasteiger partial charge in [0.05, 0.1) is 19.6 Å². The SMILES string of the molecule is CCCOc1cccc(C(Cl)c2cc(Br)sc2Br)c1. The van der Waals surface area contributed by atoms with Crippen molar-refractivity contribution in [2.24, 2.45) is 0 Å². The van der Waals surface area contributed by atoms with Crippen LogP contribution in [0.25, 0.3) is 0 Å². The Labute approximate surface area is 139 Å². The van der Waals surface area contributed by atoms with Gasteiger partial charge in [-0.1, -0.05) is 19.1 Å². The van der Waals surface area contributed by atoms with E-state index in [0.29, 0.717) is 0 Å². The summed E-state index contributed by atoms with van der Waals surface area (Å²) < 4.78 is 7.76. The standard InChI is InChI=1S/C14H13Br2ClOS/c1-2-6-18-10-5-3-4-9(7-10)13(17)11-8-12(15)19-14(11)16/h3-5,7-8,13H,2,6H2,1H3. The number of hydrogen-bond donors (Lipinski definition) is 0. The molecule has 0 spiro atoms. The highest BCUT2D eigenvalue weighted by Gasteiger charge is 2.17. The molecule has 0 aliphatic rings. The molecule has 1 unspecified atom stereocenters. The Hall–Kier alpha value is -0.0300. The Balaban J connectivity index is 2.23. The highest BCUT2D eigenvalue weighted by Crippen LogP contribution is 2.41. The van der Waals surface area contributed by atoms with Crippen molar-refractivity contribution < 1.29 is 4.74 Å². The summed E-state index contributed by atoms with van der Waals surface area (Å²) >= 11 is 15.2. The van der Waals surface area contributed by atoms with E-state index in [1.54, 1.807) is 11.3 Å². The molecule has 1 aromatic carbocycles. The van der Waals surface area contributed by atoms with Gasteiger partial charge in [-0.15, -0.1) is 22.9 Å². The van der Waals surface area contributed by atoms with E-state index in [2.05, 4.69) is 38.8 Å². The summed E-state index contributed by atoms with van der Waals surface area (Å²) in [5, 5.41) is -0.179. The van der Waals surface area contributed by atoms with Crippen LogP contribution in [-0.4, -0.2) is 6.61 Å². The zero-order valence-electron chi connectivity index (χ0n) is 10.3. The molecule has 0 aliphatic heterocycles. The van der Waals surface area contributed by atoms with E-state index in [1.807, 2.05) is 30.3 Å². The first kappa shape index (κ1) is 15.4. The highest BCUT2D eigenvalue weighted by atomic mass is 79.9. The van der Waals surface area contributed by atoms with Crippen LogP contribution >= 0.6 is 54.8 Å². The van der Waals surface area contributed by atoms with Gasteiger partial charge in [0.15, 0.2) is 0 Å². The first-order valence-electron chi connectivity index (χ1n) is 5.93. The number of thiophene rings is 1. The second-order valence-electron chi connectivity index (χ2n) is 4.06. The van der Waals surface area contributed by atoms with Crippen molar-refractivity contribution in [2.75, 3.05) is 6.61 Å². The van der Waals surface area contributed by atoms with Crippen molar-refractivity contribution in [1.29, 1.82) is 0 Å².